The second-order valence-electron chi connectivity index (χ2n) is 4.83. The van der Waals surface area contributed by atoms with Crippen LogP contribution in [0.3, 0.4) is 0 Å². The van der Waals surface area contributed by atoms with Crippen LogP contribution in [0.1, 0.15) is 19.4 Å². The fraction of sp³-hybridized carbons (Fsp3) is 0.538. The molecule has 1 heterocycles. The van der Waals surface area contributed by atoms with Crippen molar-refractivity contribution in [2.45, 2.75) is 32.5 Å². The van der Waals surface area contributed by atoms with Gasteiger partial charge in [0.2, 0.25) is 0 Å². The number of hydrogen-bond donors (Lipinski definition) is 2. The number of phenolic OH excluding ortho intramolecular Hbond substituents is 1. The lowest BCUT2D eigenvalue weighted by atomic mass is 10.1. The second kappa shape index (κ2) is 4.85. The Hall–Kier alpha value is -1.06. The molecule has 1 aromatic carbocycles. The highest BCUT2D eigenvalue weighted by Crippen LogP contribution is 2.13. The van der Waals surface area contributed by atoms with Crippen LogP contribution in [0.4, 0.5) is 0 Å². The first-order chi connectivity index (χ1) is 7.63. The summed E-state index contributed by atoms with van der Waals surface area (Å²) in [6.07, 6.45) is 0. The summed E-state index contributed by atoms with van der Waals surface area (Å²) in [6, 6.07) is 8.61. The lowest BCUT2D eigenvalue weighted by Crippen LogP contribution is -2.53. The zero-order chi connectivity index (χ0) is 11.5. The maximum Gasteiger partial charge on any atom is 0.115 e. The van der Waals surface area contributed by atoms with E-state index < -0.39 is 0 Å². The molecule has 2 unspecified atom stereocenters. The molecule has 0 amide bonds. The van der Waals surface area contributed by atoms with E-state index >= 15 is 0 Å². The van der Waals surface area contributed by atoms with Crippen molar-refractivity contribution >= 4 is 0 Å². The lowest BCUT2D eigenvalue weighted by molar-refractivity contribution is 0.166. The van der Waals surface area contributed by atoms with Crippen LogP contribution >= 0.6 is 0 Å². The molecular weight excluding hydrogens is 200 g/mol. The average Bonchev–Trinajstić information content (AvgIpc) is 2.20. The minimum absolute atomic E-state index is 0.339. The average molecular weight is 220 g/mol. The quantitative estimate of drug-likeness (QED) is 0.794. The zero-order valence-corrected chi connectivity index (χ0v) is 9.98. The smallest absolute Gasteiger partial charge is 0.115 e. The number of nitrogens with one attached hydrogen (secondary N) is 1. The lowest BCUT2D eigenvalue weighted by Gasteiger charge is -2.36. The topological polar surface area (TPSA) is 35.5 Å². The molecule has 1 aliphatic rings. The fourth-order valence-electron chi connectivity index (χ4n) is 2.43. The number of benzene rings is 1. The highest BCUT2D eigenvalue weighted by Gasteiger charge is 2.20. The maximum absolute atomic E-state index is 9.22. The van der Waals surface area contributed by atoms with Gasteiger partial charge in [0, 0.05) is 31.7 Å². The van der Waals surface area contributed by atoms with E-state index in [1.807, 2.05) is 12.1 Å². The van der Waals surface area contributed by atoms with Gasteiger partial charge in [-0.1, -0.05) is 12.1 Å². The number of piperazine rings is 1. The van der Waals surface area contributed by atoms with Crippen molar-refractivity contribution < 1.29 is 5.11 Å². The van der Waals surface area contributed by atoms with Gasteiger partial charge in [-0.15, -0.1) is 0 Å². The molecule has 0 aliphatic carbocycles. The Labute approximate surface area is 97.1 Å². The predicted molar refractivity (Wildman–Crippen MR) is 65.4 cm³/mol. The highest BCUT2D eigenvalue weighted by atomic mass is 16.3. The van der Waals surface area contributed by atoms with Crippen LogP contribution in [0, 0.1) is 0 Å². The molecule has 0 spiro atoms. The summed E-state index contributed by atoms with van der Waals surface area (Å²) in [7, 11) is 0. The van der Waals surface area contributed by atoms with E-state index in [0.29, 0.717) is 17.8 Å². The van der Waals surface area contributed by atoms with Crippen LogP contribution < -0.4 is 5.32 Å². The van der Waals surface area contributed by atoms with Crippen molar-refractivity contribution in [1.82, 2.24) is 10.2 Å². The number of phenols is 1. The molecule has 2 rings (SSSR count). The highest BCUT2D eigenvalue weighted by molar-refractivity contribution is 5.25. The van der Waals surface area contributed by atoms with Gasteiger partial charge in [-0.2, -0.15) is 0 Å². The standard InChI is InChI=1S/C13H20N2O/c1-10-7-15(8-11(2)14-10)9-12-3-5-13(16)6-4-12/h3-6,10-11,14,16H,7-9H2,1-2H3. The normalized spacial score (nSPS) is 26.9. The first kappa shape index (κ1) is 11.4. The van der Waals surface area contributed by atoms with Crippen LogP contribution in [0.5, 0.6) is 5.75 Å². The van der Waals surface area contributed by atoms with E-state index in [1.54, 1.807) is 12.1 Å². The van der Waals surface area contributed by atoms with Gasteiger partial charge in [-0.3, -0.25) is 4.90 Å². The molecule has 3 heteroatoms. The summed E-state index contributed by atoms with van der Waals surface area (Å²) in [4.78, 5) is 2.46. The van der Waals surface area contributed by atoms with Crippen LogP contribution in [0.15, 0.2) is 24.3 Å². The number of nitrogens with zero attached hydrogens (tertiary/aromatic N) is 1. The third-order valence-electron chi connectivity index (χ3n) is 2.98. The van der Waals surface area contributed by atoms with E-state index in [-0.39, 0.29) is 0 Å². The molecule has 0 aromatic heterocycles. The summed E-state index contributed by atoms with van der Waals surface area (Å²) < 4.78 is 0. The maximum atomic E-state index is 9.22. The van der Waals surface area contributed by atoms with Crippen molar-refractivity contribution in [2.75, 3.05) is 13.1 Å². The minimum atomic E-state index is 0.339. The number of hydrogen-bond acceptors (Lipinski definition) is 3. The van der Waals surface area contributed by atoms with Crippen molar-refractivity contribution in [3.8, 4) is 5.75 Å². The Morgan fingerprint density at radius 3 is 2.31 bits per heavy atom. The molecule has 88 valence electrons. The van der Waals surface area contributed by atoms with Gasteiger partial charge >= 0.3 is 0 Å². The first-order valence-corrected chi connectivity index (χ1v) is 5.90. The largest absolute Gasteiger partial charge is 0.508 e. The Bertz CT molecular complexity index is 326. The Morgan fingerprint density at radius 2 is 1.75 bits per heavy atom. The predicted octanol–water partition coefficient (Wildman–Crippen LogP) is 1.57. The van der Waals surface area contributed by atoms with Crippen molar-refractivity contribution in [3.05, 3.63) is 29.8 Å². The SMILES string of the molecule is CC1CN(Cc2ccc(O)cc2)CC(C)N1. The molecule has 3 nitrogen and oxygen atoms in total. The molecular formula is C13H20N2O. The molecule has 16 heavy (non-hydrogen) atoms. The van der Waals surface area contributed by atoms with Gasteiger partial charge in [-0.05, 0) is 31.5 Å². The number of rotatable bonds is 2. The van der Waals surface area contributed by atoms with Gasteiger partial charge < -0.3 is 10.4 Å². The van der Waals surface area contributed by atoms with Gasteiger partial charge in [-0.25, -0.2) is 0 Å². The fourth-order valence-corrected chi connectivity index (χ4v) is 2.43. The number of aromatic hydroxyl groups is 1. The van der Waals surface area contributed by atoms with Crippen LogP contribution in [0.25, 0.3) is 0 Å². The Morgan fingerprint density at radius 1 is 1.19 bits per heavy atom. The van der Waals surface area contributed by atoms with E-state index in [1.165, 1.54) is 5.56 Å². The summed E-state index contributed by atoms with van der Waals surface area (Å²) in [5, 5.41) is 12.7. The molecule has 2 atom stereocenters. The second-order valence-corrected chi connectivity index (χ2v) is 4.83. The Kier molecular flexibility index (Phi) is 3.46. The van der Waals surface area contributed by atoms with E-state index in [4.69, 9.17) is 0 Å². The third-order valence-corrected chi connectivity index (χ3v) is 2.98. The van der Waals surface area contributed by atoms with Gasteiger partial charge in [0.15, 0.2) is 0 Å². The van der Waals surface area contributed by atoms with E-state index in [2.05, 4.69) is 24.1 Å². The molecule has 0 radical (unpaired) electrons. The summed E-state index contributed by atoms with van der Waals surface area (Å²) in [5.74, 6) is 0.339. The van der Waals surface area contributed by atoms with Crippen molar-refractivity contribution in [3.63, 3.8) is 0 Å². The van der Waals surface area contributed by atoms with E-state index in [9.17, 15) is 5.11 Å². The van der Waals surface area contributed by atoms with Crippen molar-refractivity contribution in [2.24, 2.45) is 0 Å². The molecule has 1 fully saturated rings. The molecule has 0 bridgehead atoms. The molecule has 1 aliphatic heterocycles. The zero-order valence-electron chi connectivity index (χ0n) is 9.98. The van der Waals surface area contributed by atoms with Crippen LogP contribution in [-0.4, -0.2) is 35.2 Å². The Balaban J connectivity index is 1.96. The first-order valence-electron chi connectivity index (χ1n) is 5.90. The van der Waals surface area contributed by atoms with Crippen molar-refractivity contribution in [1.29, 1.82) is 0 Å². The molecule has 2 N–H and O–H groups in total. The van der Waals surface area contributed by atoms with Gasteiger partial charge in [0.05, 0.1) is 0 Å². The summed E-state index contributed by atoms with van der Waals surface area (Å²) in [5.41, 5.74) is 1.26. The van der Waals surface area contributed by atoms with Crippen LogP contribution in [-0.2, 0) is 6.54 Å². The third kappa shape index (κ3) is 2.97. The summed E-state index contributed by atoms with van der Waals surface area (Å²) >= 11 is 0. The van der Waals surface area contributed by atoms with Gasteiger partial charge in [0.1, 0.15) is 5.75 Å². The molecule has 0 saturated carbocycles. The molecule has 1 saturated heterocycles. The van der Waals surface area contributed by atoms with Crippen LogP contribution in [0.2, 0.25) is 0 Å². The van der Waals surface area contributed by atoms with E-state index in [0.717, 1.165) is 19.6 Å². The monoisotopic (exact) mass is 220 g/mol. The minimum Gasteiger partial charge on any atom is -0.508 e. The molecule has 1 aromatic rings. The summed E-state index contributed by atoms with van der Waals surface area (Å²) in [6.45, 7) is 7.59. The van der Waals surface area contributed by atoms with Gasteiger partial charge in [0.25, 0.3) is 0 Å².